The Kier molecular flexibility index (Phi) is 5.18. The van der Waals surface area contributed by atoms with Crippen molar-refractivity contribution in [2.24, 2.45) is 0 Å². The lowest BCUT2D eigenvalue weighted by Gasteiger charge is -2.12. The summed E-state index contributed by atoms with van der Waals surface area (Å²) in [5, 5.41) is 0. The molecule has 0 amide bonds. The summed E-state index contributed by atoms with van der Waals surface area (Å²) in [5.74, 6) is -0.976. The van der Waals surface area contributed by atoms with Gasteiger partial charge in [-0.15, -0.1) is 0 Å². The third kappa shape index (κ3) is 3.39. The fourth-order valence-corrected chi connectivity index (χ4v) is 3.57. The quantitative estimate of drug-likeness (QED) is 0.508. The molecule has 152 valence electrons. The van der Waals surface area contributed by atoms with Gasteiger partial charge in [0.2, 0.25) is 0 Å². The van der Waals surface area contributed by atoms with Crippen LogP contribution in [0.3, 0.4) is 0 Å². The third-order valence-electron chi connectivity index (χ3n) is 4.89. The number of H-pyrrole nitrogens is 1. The first kappa shape index (κ1) is 19.6. The van der Waals surface area contributed by atoms with E-state index in [1.807, 2.05) is 19.1 Å². The molecule has 30 heavy (non-hydrogen) atoms. The molecule has 0 radical (unpaired) electrons. The average molecular weight is 405 g/mol. The summed E-state index contributed by atoms with van der Waals surface area (Å²) < 4.78 is 21.4. The Morgan fingerprint density at radius 1 is 1.17 bits per heavy atom. The molecular weight excluding hydrogens is 385 g/mol. The standard InChI is InChI=1S/C23H20FN3O3/c1-3-30-23(29)21-19(16-8-6-12-25-22(16)28)20-18(11-10-14(2)26-20)27(21)13-15-7-4-5-9-17(15)24/h4-12H,3,13H2,1-2H3,(H,25,28). The number of fused-ring (bicyclic) bond motifs is 1. The van der Waals surface area contributed by atoms with Crippen LogP contribution in [0.2, 0.25) is 0 Å². The number of rotatable bonds is 5. The maximum absolute atomic E-state index is 14.4. The van der Waals surface area contributed by atoms with Crippen molar-refractivity contribution < 1.29 is 13.9 Å². The molecule has 4 aromatic rings. The highest BCUT2D eigenvalue weighted by atomic mass is 19.1. The minimum atomic E-state index is -0.595. The van der Waals surface area contributed by atoms with Crippen LogP contribution in [0, 0.1) is 12.7 Å². The van der Waals surface area contributed by atoms with E-state index in [0.717, 1.165) is 5.69 Å². The Morgan fingerprint density at radius 2 is 1.97 bits per heavy atom. The Labute approximate surface area is 172 Å². The zero-order chi connectivity index (χ0) is 21.3. The van der Waals surface area contributed by atoms with Crippen molar-refractivity contribution in [3.8, 4) is 11.1 Å². The fraction of sp³-hybridized carbons (Fsp3) is 0.174. The van der Waals surface area contributed by atoms with E-state index in [-0.39, 0.29) is 30.2 Å². The van der Waals surface area contributed by atoms with Gasteiger partial charge >= 0.3 is 5.97 Å². The molecule has 7 heteroatoms. The van der Waals surface area contributed by atoms with Gasteiger partial charge in [-0.05, 0) is 44.2 Å². The van der Waals surface area contributed by atoms with Gasteiger partial charge in [-0.3, -0.25) is 9.78 Å². The topological polar surface area (TPSA) is 77.0 Å². The molecular formula is C23H20FN3O3. The molecule has 0 bridgehead atoms. The van der Waals surface area contributed by atoms with Gasteiger partial charge in [0.15, 0.2) is 0 Å². The number of carbonyl (C=O) groups is 1. The highest BCUT2D eigenvalue weighted by molar-refractivity contribution is 6.07. The number of nitrogens with one attached hydrogen (secondary N) is 1. The van der Waals surface area contributed by atoms with Gasteiger partial charge in [0, 0.05) is 23.0 Å². The molecule has 1 aromatic carbocycles. The second-order valence-corrected chi connectivity index (χ2v) is 6.85. The molecule has 0 unspecified atom stereocenters. The van der Waals surface area contributed by atoms with Crippen LogP contribution in [0.1, 0.15) is 28.7 Å². The molecule has 0 aliphatic heterocycles. The van der Waals surface area contributed by atoms with E-state index in [9.17, 15) is 14.0 Å². The van der Waals surface area contributed by atoms with Gasteiger partial charge in [-0.1, -0.05) is 18.2 Å². The first-order chi connectivity index (χ1) is 14.5. The van der Waals surface area contributed by atoms with Crippen molar-refractivity contribution in [2.75, 3.05) is 6.61 Å². The van der Waals surface area contributed by atoms with Crippen LogP contribution >= 0.6 is 0 Å². The Bertz CT molecular complexity index is 1310. The summed E-state index contributed by atoms with van der Waals surface area (Å²) in [4.78, 5) is 32.9. The molecule has 3 heterocycles. The second-order valence-electron chi connectivity index (χ2n) is 6.85. The van der Waals surface area contributed by atoms with Gasteiger partial charge in [-0.2, -0.15) is 0 Å². The van der Waals surface area contributed by atoms with Crippen molar-refractivity contribution >= 4 is 17.0 Å². The number of hydrogen-bond acceptors (Lipinski definition) is 4. The molecule has 0 aliphatic carbocycles. The zero-order valence-corrected chi connectivity index (χ0v) is 16.6. The molecule has 1 N–H and O–H groups in total. The van der Waals surface area contributed by atoms with Crippen molar-refractivity contribution in [1.29, 1.82) is 0 Å². The molecule has 0 saturated heterocycles. The second kappa shape index (κ2) is 7.94. The number of carbonyl (C=O) groups excluding carboxylic acids is 1. The summed E-state index contributed by atoms with van der Waals surface area (Å²) in [6, 6.07) is 13.3. The third-order valence-corrected chi connectivity index (χ3v) is 4.89. The predicted molar refractivity (Wildman–Crippen MR) is 112 cm³/mol. The van der Waals surface area contributed by atoms with Crippen LogP contribution in [-0.4, -0.2) is 27.1 Å². The normalized spacial score (nSPS) is 11.0. The lowest BCUT2D eigenvalue weighted by Crippen LogP contribution is -2.16. The van der Waals surface area contributed by atoms with Crippen LogP contribution < -0.4 is 5.56 Å². The van der Waals surface area contributed by atoms with Gasteiger partial charge < -0.3 is 14.3 Å². The Balaban J connectivity index is 2.09. The average Bonchev–Trinajstić information content (AvgIpc) is 3.03. The van der Waals surface area contributed by atoms with E-state index >= 15 is 0 Å². The highest BCUT2D eigenvalue weighted by Gasteiger charge is 2.27. The molecule has 4 rings (SSSR count). The minimum Gasteiger partial charge on any atom is -0.461 e. The fourth-order valence-electron chi connectivity index (χ4n) is 3.57. The zero-order valence-electron chi connectivity index (χ0n) is 16.6. The predicted octanol–water partition coefficient (Wildman–Crippen LogP) is 4.06. The molecule has 0 fully saturated rings. The molecule has 0 saturated carbocycles. The first-order valence-electron chi connectivity index (χ1n) is 9.59. The molecule has 3 aromatic heterocycles. The van der Waals surface area contributed by atoms with Gasteiger partial charge in [0.1, 0.15) is 11.5 Å². The first-order valence-corrected chi connectivity index (χ1v) is 9.59. The summed E-state index contributed by atoms with van der Waals surface area (Å²) >= 11 is 0. The van der Waals surface area contributed by atoms with E-state index in [1.54, 1.807) is 41.8 Å². The molecule has 0 atom stereocenters. The maximum atomic E-state index is 14.4. The van der Waals surface area contributed by atoms with Crippen molar-refractivity contribution in [3.63, 3.8) is 0 Å². The largest absolute Gasteiger partial charge is 0.461 e. The van der Waals surface area contributed by atoms with E-state index in [1.165, 1.54) is 12.3 Å². The number of pyridine rings is 2. The molecule has 6 nitrogen and oxygen atoms in total. The lowest BCUT2D eigenvalue weighted by atomic mass is 10.1. The van der Waals surface area contributed by atoms with Crippen molar-refractivity contribution in [2.45, 2.75) is 20.4 Å². The van der Waals surface area contributed by atoms with E-state index in [2.05, 4.69) is 9.97 Å². The van der Waals surface area contributed by atoms with Crippen LogP contribution in [0.5, 0.6) is 0 Å². The van der Waals surface area contributed by atoms with E-state index < -0.39 is 5.97 Å². The number of aromatic amines is 1. The minimum absolute atomic E-state index is 0.0901. The molecule has 0 spiro atoms. The van der Waals surface area contributed by atoms with Crippen LogP contribution in [0.4, 0.5) is 4.39 Å². The van der Waals surface area contributed by atoms with Crippen molar-refractivity contribution in [1.82, 2.24) is 14.5 Å². The summed E-state index contributed by atoms with van der Waals surface area (Å²) in [6.07, 6.45) is 1.52. The number of esters is 1. The lowest BCUT2D eigenvalue weighted by molar-refractivity contribution is 0.0516. The van der Waals surface area contributed by atoms with Crippen LogP contribution in [0.25, 0.3) is 22.2 Å². The van der Waals surface area contributed by atoms with E-state index in [0.29, 0.717) is 27.7 Å². The summed E-state index contributed by atoms with van der Waals surface area (Å²) in [6.45, 7) is 3.79. The number of aryl methyl sites for hydroxylation is 1. The summed E-state index contributed by atoms with van der Waals surface area (Å²) in [5.41, 5.74) is 2.75. The highest BCUT2D eigenvalue weighted by Crippen LogP contribution is 2.34. The number of aromatic nitrogens is 3. The SMILES string of the molecule is CCOC(=O)c1c(-c2ccc[nH]c2=O)c2nc(C)ccc2n1Cc1ccccc1F. The van der Waals surface area contributed by atoms with Gasteiger partial charge in [0.05, 0.1) is 29.7 Å². The number of ether oxygens (including phenoxy) is 1. The number of halogens is 1. The van der Waals surface area contributed by atoms with Gasteiger partial charge in [0.25, 0.3) is 5.56 Å². The van der Waals surface area contributed by atoms with E-state index in [4.69, 9.17) is 4.74 Å². The summed E-state index contributed by atoms with van der Waals surface area (Å²) in [7, 11) is 0. The van der Waals surface area contributed by atoms with Crippen molar-refractivity contribution in [3.05, 3.63) is 87.9 Å². The number of hydrogen-bond donors (Lipinski definition) is 1. The van der Waals surface area contributed by atoms with Gasteiger partial charge in [-0.25, -0.2) is 9.18 Å². The monoisotopic (exact) mass is 405 g/mol. The number of benzene rings is 1. The Morgan fingerprint density at radius 3 is 2.70 bits per heavy atom. The molecule has 0 aliphatic rings. The number of nitrogens with zero attached hydrogens (tertiary/aromatic N) is 2. The van der Waals surface area contributed by atoms with Crippen LogP contribution in [-0.2, 0) is 11.3 Å². The van der Waals surface area contributed by atoms with Crippen LogP contribution in [0.15, 0.2) is 59.5 Å². The smallest absolute Gasteiger partial charge is 0.355 e. The Hall–Kier alpha value is -3.74. The maximum Gasteiger partial charge on any atom is 0.355 e.